The Labute approximate surface area is 155 Å². The van der Waals surface area contributed by atoms with Crippen molar-refractivity contribution in [1.29, 1.82) is 0 Å². The van der Waals surface area contributed by atoms with Crippen LogP contribution in [0.3, 0.4) is 0 Å². The molecule has 3 heterocycles. The second kappa shape index (κ2) is 9.12. The summed E-state index contributed by atoms with van der Waals surface area (Å²) in [6, 6.07) is 1.86. The van der Waals surface area contributed by atoms with Gasteiger partial charge in [-0.25, -0.2) is 9.97 Å². The fraction of sp³-hybridized carbons (Fsp3) is 0.588. The first-order chi connectivity index (χ1) is 11.6. The third-order valence-electron chi connectivity index (χ3n) is 4.77. The van der Waals surface area contributed by atoms with Gasteiger partial charge in [-0.05, 0) is 19.9 Å². The molecule has 1 fully saturated rings. The Morgan fingerprint density at radius 1 is 1.08 bits per heavy atom. The number of anilines is 1. The Morgan fingerprint density at radius 2 is 1.76 bits per heavy atom. The first-order valence-electron chi connectivity index (χ1n) is 8.59. The van der Waals surface area contributed by atoms with Crippen molar-refractivity contribution in [3.63, 3.8) is 0 Å². The average Bonchev–Trinajstić information content (AvgIpc) is 2.85. The molecule has 0 radical (unpaired) electrons. The highest BCUT2D eigenvalue weighted by Crippen LogP contribution is 2.11. The number of hydrogen-bond donors (Lipinski definition) is 1. The zero-order chi connectivity index (χ0) is 16.9. The molecule has 0 unspecified atom stereocenters. The predicted molar refractivity (Wildman–Crippen MR) is 102 cm³/mol. The van der Waals surface area contributed by atoms with Gasteiger partial charge in [-0.15, -0.1) is 12.4 Å². The molecular formula is C17H28ClN7. The number of rotatable bonds is 6. The molecule has 1 aliphatic rings. The van der Waals surface area contributed by atoms with Crippen LogP contribution in [0.4, 0.5) is 5.95 Å². The molecule has 1 saturated heterocycles. The smallest absolute Gasteiger partial charge is 0.225 e. The summed E-state index contributed by atoms with van der Waals surface area (Å²) in [6.45, 7) is 11.3. The van der Waals surface area contributed by atoms with Crippen LogP contribution in [-0.4, -0.2) is 63.9 Å². The molecule has 0 aliphatic carbocycles. The van der Waals surface area contributed by atoms with Crippen LogP contribution in [-0.2, 0) is 13.6 Å². The molecular weight excluding hydrogens is 338 g/mol. The minimum Gasteiger partial charge on any atom is -0.338 e. The first kappa shape index (κ1) is 19.6. The topological polar surface area (TPSA) is 62.1 Å². The average molecular weight is 366 g/mol. The van der Waals surface area contributed by atoms with E-state index in [9.17, 15) is 0 Å². The highest BCUT2D eigenvalue weighted by Gasteiger charge is 2.18. The van der Waals surface area contributed by atoms with Gasteiger partial charge in [0.1, 0.15) is 0 Å². The summed E-state index contributed by atoms with van der Waals surface area (Å²) in [7, 11) is 2.00. The van der Waals surface area contributed by atoms with Crippen LogP contribution in [0.2, 0.25) is 0 Å². The molecule has 1 aliphatic heterocycles. The van der Waals surface area contributed by atoms with E-state index in [0.29, 0.717) is 0 Å². The van der Waals surface area contributed by atoms with Crippen LogP contribution < -0.4 is 10.2 Å². The van der Waals surface area contributed by atoms with E-state index in [1.165, 1.54) is 11.3 Å². The molecule has 1 N–H and O–H groups in total. The van der Waals surface area contributed by atoms with Gasteiger partial charge in [-0.1, -0.05) is 0 Å². The molecule has 0 bridgehead atoms. The first-order valence-corrected chi connectivity index (χ1v) is 8.59. The molecule has 3 rings (SSSR count). The summed E-state index contributed by atoms with van der Waals surface area (Å²) in [5.41, 5.74) is 3.69. The van der Waals surface area contributed by atoms with Gasteiger partial charge in [-0.3, -0.25) is 9.58 Å². The van der Waals surface area contributed by atoms with Gasteiger partial charge in [0.25, 0.3) is 0 Å². The van der Waals surface area contributed by atoms with Gasteiger partial charge in [-0.2, -0.15) is 5.10 Å². The number of nitrogens with one attached hydrogen (secondary N) is 1. The second-order valence-corrected chi connectivity index (χ2v) is 6.33. The third-order valence-corrected chi connectivity index (χ3v) is 4.77. The predicted octanol–water partition coefficient (Wildman–Crippen LogP) is 1.16. The van der Waals surface area contributed by atoms with E-state index in [1.807, 2.05) is 17.8 Å². The van der Waals surface area contributed by atoms with E-state index >= 15 is 0 Å². The Kier molecular flexibility index (Phi) is 7.16. The summed E-state index contributed by atoms with van der Waals surface area (Å²) < 4.78 is 1.96. The van der Waals surface area contributed by atoms with Crippen molar-refractivity contribution in [2.75, 3.05) is 44.2 Å². The molecule has 8 heteroatoms. The van der Waals surface area contributed by atoms with Gasteiger partial charge in [0, 0.05) is 76.5 Å². The van der Waals surface area contributed by atoms with Crippen molar-refractivity contribution >= 4 is 18.4 Å². The summed E-state index contributed by atoms with van der Waals surface area (Å²) in [4.78, 5) is 13.4. The molecule has 0 spiro atoms. The molecule has 0 saturated carbocycles. The third kappa shape index (κ3) is 4.90. The van der Waals surface area contributed by atoms with Crippen LogP contribution in [0, 0.1) is 13.8 Å². The quantitative estimate of drug-likeness (QED) is 0.775. The van der Waals surface area contributed by atoms with Crippen LogP contribution in [0.15, 0.2) is 18.5 Å². The molecule has 0 aromatic carbocycles. The number of hydrogen-bond acceptors (Lipinski definition) is 6. The van der Waals surface area contributed by atoms with E-state index in [1.54, 1.807) is 12.4 Å². The van der Waals surface area contributed by atoms with Crippen LogP contribution >= 0.6 is 12.4 Å². The zero-order valence-corrected chi connectivity index (χ0v) is 16.1. The van der Waals surface area contributed by atoms with Crippen molar-refractivity contribution in [2.24, 2.45) is 7.05 Å². The van der Waals surface area contributed by atoms with Gasteiger partial charge >= 0.3 is 0 Å². The molecule has 7 nitrogen and oxygen atoms in total. The van der Waals surface area contributed by atoms with Gasteiger partial charge < -0.3 is 10.2 Å². The number of aryl methyl sites for hydroxylation is 2. The van der Waals surface area contributed by atoms with Crippen molar-refractivity contribution in [3.8, 4) is 0 Å². The molecule has 138 valence electrons. The number of piperazine rings is 1. The Balaban J connectivity index is 0.00000225. The summed E-state index contributed by atoms with van der Waals surface area (Å²) in [5.74, 6) is 0.845. The van der Waals surface area contributed by atoms with E-state index in [4.69, 9.17) is 0 Å². The SMILES string of the molecule is Cc1nn(C)c(C)c1CNCCN1CCN(c2ncccn2)CC1.Cl. The van der Waals surface area contributed by atoms with Crippen molar-refractivity contribution in [3.05, 3.63) is 35.4 Å². The minimum absolute atomic E-state index is 0. The lowest BCUT2D eigenvalue weighted by Gasteiger charge is -2.34. The Bertz CT molecular complexity index is 651. The highest BCUT2D eigenvalue weighted by molar-refractivity contribution is 5.85. The lowest BCUT2D eigenvalue weighted by Crippen LogP contribution is -2.48. The summed E-state index contributed by atoms with van der Waals surface area (Å²) in [5, 5.41) is 8.02. The van der Waals surface area contributed by atoms with Crippen molar-refractivity contribution in [2.45, 2.75) is 20.4 Å². The fourth-order valence-corrected chi connectivity index (χ4v) is 3.15. The molecule has 0 atom stereocenters. The maximum Gasteiger partial charge on any atom is 0.225 e. The lowest BCUT2D eigenvalue weighted by atomic mass is 10.2. The lowest BCUT2D eigenvalue weighted by molar-refractivity contribution is 0.256. The van der Waals surface area contributed by atoms with Crippen LogP contribution in [0.25, 0.3) is 0 Å². The minimum atomic E-state index is 0. The van der Waals surface area contributed by atoms with Gasteiger partial charge in [0.2, 0.25) is 5.95 Å². The Hall–Kier alpha value is -1.70. The molecule has 2 aromatic rings. The van der Waals surface area contributed by atoms with E-state index in [0.717, 1.165) is 57.5 Å². The summed E-state index contributed by atoms with van der Waals surface area (Å²) >= 11 is 0. The number of nitrogens with zero attached hydrogens (tertiary/aromatic N) is 6. The largest absolute Gasteiger partial charge is 0.338 e. The normalized spacial score (nSPS) is 15.2. The standard InChI is InChI=1S/C17H27N7.ClH/c1-14-16(15(2)22(3)21-14)13-18-7-8-23-9-11-24(12-10-23)17-19-5-4-6-20-17;/h4-6,18H,7-13H2,1-3H3;1H. The fourth-order valence-electron chi connectivity index (χ4n) is 3.15. The van der Waals surface area contributed by atoms with Crippen molar-refractivity contribution < 1.29 is 0 Å². The Morgan fingerprint density at radius 3 is 2.36 bits per heavy atom. The van der Waals surface area contributed by atoms with E-state index in [-0.39, 0.29) is 12.4 Å². The summed E-state index contributed by atoms with van der Waals surface area (Å²) in [6.07, 6.45) is 3.61. The van der Waals surface area contributed by atoms with Crippen LogP contribution in [0.1, 0.15) is 17.0 Å². The highest BCUT2D eigenvalue weighted by atomic mass is 35.5. The maximum atomic E-state index is 4.47. The molecule has 0 amide bonds. The van der Waals surface area contributed by atoms with Crippen LogP contribution in [0.5, 0.6) is 0 Å². The van der Waals surface area contributed by atoms with E-state index < -0.39 is 0 Å². The zero-order valence-electron chi connectivity index (χ0n) is 15.3. The maximum absolute atomic E-state index is 4.47. The molecule has 2 aromatic heterocycles. The monoisotopic (exact) mass is 365 g/mol. The number of halogens is 1. The number of aromatic nitrogens is 4. The van der Waals surface area contributed by atoms with Gasteiger partial charge in [0.15, 0.2) is 0 Å². The molecule has 25 heavy (non-hydrogen) atoms. The second-order valence-electron chi connectivity index (χ2n) is 6.33. The van der Waals surface area contributed by atoms with Gasteiger partial charge in [0.05, 0.1) is 5.69 Å². The van der Waals surface area contributed by atoms with E-state index in [2.05, 4.69) is 44.0 Å². The van der Waals surface area contributed by atoms with Crippen molar-refractivity contribution in [1.82, 2.24) is 30.0 Å².